The van der Waals surface area contributed by atoms with Crippen LogP contribution >= 0.6 is 24.0 Å². The Kier molecular flexibility index (Phi) is 3.81. The van der Waals surface area contributed by atoms with E-state index in [-0.39, 0.29) is 16.5 Å². The lowest BCUT2D eigenvalue weighted by Gasteiger charge is -1.96. The Morgan fingerprint density at radius 2 is 2.33 bits per heavy atom. The molecule has 0 aliphatic carbocycles. The van der Waals surface area contributed by atoms with Gasteiger partial charge in [-0.1, -0.05) is 17.8 Å². The molecule has 0 unspecified atom stereocenters. The summed E-state index contributed by atoms with van der Waals surface area (Å²) in [6.07, 6.45) is 0. The van der Waals surface area contributed by atoms with Gasteiger partial charge in [0.05, 0.1) is 0 Å². The molecule has 0 radical (unpaired) electrons. The summed E-state index contributed by atoms with van der Waals surface area (Å²) < 4.78 is 0. The predicted molar refractivity (Wildman–Crippen MR) is 58.8 cm³/mol. The Bertz CT molecular complexity index is 427. The van der Waals surface area contributed by atoms with Crippen LogP contribution in [0, 0.1) is 0 Å². The zero-order valence-electron chi connectivity index (χ0n) is 7.63. The van der Waals surface area contributed by atoms with Crippen molar-refractivity contribution in [3.63, 3.8) is 0 Å². The van der Waals surface area contributed by atoms with Crippen molar-refractivity contribution in [3.05, 3.63) is 11.1 Å². The number of nitrogens with zero attached hydrogens (tertiary/aromatic N) is 2. The van der Waals surface area contributed by atoms with E-state index in [1.807, 2.05) is 0 Å². The molecular weight excluding hydrogens is 238 g/mol. The molecule has 0 atom stereocenters. The molecular formula is C7H7N3O3S2. The first-order valence-electron chi connectivity index (χ1n) is 3.71. The molecule has 0 fully saturated rings. The maximum absolute atomic E-state index is 11.0. The summed E-state index contributed by atoms with van der Waals surface area (Å²) in [6.45, 7) is 1.17. The number of anilines is 1. The van der Waals surface area contributed by atoms with Gasteiger partial charge in [0, 0.05) is 12.3 Å². The van der Waals surface area contributed by atoms with E-state index in [1.165, 1.54) is 12.3 Å². The van der Waals surface area contributed by atoms with E-state index in [0.29, 0.717) is 0 Å². The van der Waals surface area contributed by atoms with Gasteiger partial charge in [0.15, 0.2) is 10.8 Å². The fourth-order valence-corrected chi connectivity index (χ4v) is 1.40. The van der Waals surface area contributed by atoms with Crippen molar-refractivity contribution >= 4 is 45.9 Å². The third-order valence-corrected chi connectivity index (χ3v) is 2.12. The van der Waals surface area contributed by atoms with E-state index in [9.17, 15) is 9.59 Å². The van der Waals surface area contributed by atoms with Gasteiger partial charge >= 0.3 is 5.97 Å². The largest absolute Gasteiger partial charge is 0.375 e. The molecule has 0 saturated carbocycles. The lowest BCUT2D eigenvalue weighted by molar-refractivity contribution is -0.140. The first kappa shape index (κ1) is 11.7. The molecule has 0 spiro atoms. The van der Waals surface area contributed by atoms with Gasteiger partial charge in [-0.05, 0) is 0 Å². The summed E-state index contributed by atoms with van der Waals surface area (Å²) in [7, 11) is 0. The molecule has 6 nitrogen and oxygen atoms in total. The second-order valence-electron chi connectivity index (χ2n) is 2.40. The van der Waals surface area contributed by atoms with Crippen LogP contribution in [-0.4, -0.2) is 21.8 Å². The number of nitrogen functional groups attached to an aromatic ring is 1. The van der Waals surface area contributed by atoms with Gasteiger partial charge in [-0.15, -0.1) is 11.3 Å². The molecule has 0 saturated heterocycles. The average molecular weight is 245 g/mol. The van der Waals surface area contributed by atoms with E-state index >= 15 is 0 Å². The lowest BCUT2D eigenvalue weighted by Crippen LogP contribution is -2.12. The van der Waals surface area contributed by atoms with Crippen LogP contribution in [-0.2, 0) is 14.4 Å². The predicted octanol–water partition coefficient (Wildman–Crippen LogP) is 0.449. The molecule has 0 amide bonds. The molecule has 1 rings (SSSR count). The second kappa shape index (κ2) is 4.89. The summed E-state index contributed by atoms with van der Waals surface area (Å²) in [6, 6.07) is 0. The summed E-state index contributed by atoms with van der Waals surface area (Å²) in [5.41, 5.74) is 5.46. The van der Waals surface area contributed by atoms with Crippen molar-refractivity contribution in [1.29, 1.82) is 0 Å². The molecule has 1 heterocycles. The van der Waals surface area contributed by atoms with Crippen LogP contribution in [0.15, 0.2) is 10.5 Å². The monoisotopic (exact) mass is 245 g/mol. The number of hydrogen-bond donors (Lipinski definition) is 2. The van der Waals surface area contributed by atoms with Crippen LogP contribution in [0.3, 0.4) is 0 Å². The first-order valence-corrected chi connectivity index (χ1v) is 5.03. The summed E-state index contributed by atoms with van der Waals surface area (Å²) in [5.74, 6) is -0.634. The van der Waals surface area contributed by atoms with Gasteiger partial charge in [0.25, 0.3) is 0 Å². The normalized spacial score (nSPS) is 11.2. The topological polar surface area (TPSA) is 94.6 Å². The number of thiol groups is 1. The molecule has 0 aliphatic rings. The molecule has 0 bridgehead atoms. The number of thiazole rings is 1. The van der Waals surface area contributed by atoms with Gasteiger partial charge in [-0.3, -0.25) is 4.79 Å². The summed E-state index contributed by atoms with van der Waals surface area (Å²) in [5, 5.41) is 4.49. The Balaban J connectivity index is 2.98. The Morgan fingerprint density at radius 1 is 1.67 bits per heavy atom. The second-order valence-corrected chi connectivity index (χ2v) is 3.69. The van der Waals surface area contributed by atoms with E-state index in [4.69, 9.17) is 5.73 Å². The Morgan fingerprint density at radius 3 is 2.73 bits per heavy atom. The number of carbonyl (C=O) groups excluding carboxylic acids is 2. The minimum absolute atomic E-state index is 0.151. The van der Waals surface area contributed by atoms with Crippen LogP contribution in [0.2, 0.25) is 0 Å². The van der Waals surface area contributed by atoms with E-state index in [2.05, 4.69) is 27.6 Å². The van der Waals surface area contributed by atoms with Gasteiger partial charge in [-0.25, -0.2) is 9.78 Å². The van der Waals surface area contributed by atoms with Crippen LogP contribution < -0.4 is 5.73 Å². The fraction of sp³-hybridized carbons (Fsp3) is 0.143. The smallest absolute Gasteiger partial charge is 0.332 e. The average Bonchev–Trinajstić information content (AvgIpc) is 2.51. The molecule has 2 N–H and O–H groups in total. The van der Waals surface area contributed by atoms with Crippen molar-refractivity contribution in [1.82, 2.24) is 4.98 Å². The SMILES string of the molecule is CC(=O)O/N=C(\C(=O)S)c1csc(N)n1. The molecule has 1 aromatic rings. The van der Waals surface area contributed by atoms with Gasteiger partial charge in [0.2, 0.25) is 5.12 Å². The lowest BCUT2D eigenvalue weighted by atomic mass is 10.3. The Labute approximate surface area is 94.5 Å². The minimum atomic E-state index is -0.651. The van der Waals surface area contributed by atoms with E-state index in [1.54, 1.807) is 0 Å². The van der Waals surface area contributed by atoms with Gasteiger partial charge in [0.1, 0.15) is 5.69 Å². The van der Waals surface area contributed by atoms with Crippen LogP contribution in [0.1, 0.15) is 12.6 Å². The Hall–Kier alpha value is -1.41. The maximum atomic E-state index is 11.0. The third-order valence-electron chi connectivity index (χ3n) is 1.23. The first-order chi connectivity index (χ1) is 7.00. The van der Waals surface area contributed by atoms with Crippen molar-refractivity contribution in [3.8, 4) is 0 Å². The molecule has 15 heavy (non-hydrogen) atoms. The molecule has 80 valence electrons. The highest BCUT2D eigenvalue weighted by atomic mass is 32.1. The minimum Gasteiger partial charge on any atom is -0.375 e. The highest BCUT2D eigenvalue weighted by Crippen LogP contribution is 2.13. The quantitative estimate of drug-likeness (QED) is 0.349. The number of carbonyl (C=O) groups is 2. The van der Waals surface area contributed by atoms with Crippen molar-refractivity contribution in [2.75, 3.05) is 5.73 Å². The number of rotatable bonds is 3. The fourth-order valence-electron chi connectivity index (χ4n) is 0.702. The highest BCUT2D eigenvalue weighted by molar-refractivity contribution is 7.99. The summed E-state index contributed by atoms with van der Waals surface area (Å²) >= 11 is 4.72. The molecule has 0 aromatic carbocycles. The van der Waals surface area contributed by atoms with Crippen molar-refractivity contribution in [2.45, 2.75) is 6.92 Å². The third kappa shape index (κ3) is 3.33. The van der Waals surface area contributed by atoms with Crippen LogP contribution in [0.5, 0.6) is 0 Å². The highest BCUT2D eigenvalue weighted by Gasteiger charge is 2.15. The number of aromatic nitrogens is 1. The van der Waals surface area contributed by atoms with Crippen LogP contribution in [0.4, 0.5) is 5.13 Å². The van der Waals surface area contributed by atoms with E-state index in [0.717, 1.165) is 11.3 Å². The molecule has 8 heteroatoms. The van der Waals surface area contributed by atoms with Gasteiger partial charge in [-0.2, -0.15) is 0 Å². The number of nitrogens with two attached hydrogens (primary N) is 1. The number of hydrogen-bond acceptors (Lipinski definition) is 7. The molecule has 1 aromatic heterocycles. The zero-order chi connectivity index (χ0) is 11.4. The maximum Gasteiger partial charge on any atom is 0.332 e. The zero-order valence-corrected chi connectivity index (χ0v) is 9.34. The standard InChI is InChI=1S/C7H7N3O3S2/c1-3(11)13-10-5(6(12)14)4-2-15-7(8)9-4/h2H,1H3,(H2,8,9)(H,12,14)/b10-5-. The van der Waals surface area contributed by atoms with Crippen LogP contribution in [0.25, 0.3) is 0 Å². The molecule has 0 aliphatic heterocycles. The number of oxime groups is 1. The summed E-state index contributed by atoms with van der Waals surface area (Å²) in [4.78, 5) is 29.7. The van der Waals surface area contributed by atoms with E-state index < -0.39 is 11.1 Å². The van der Waals surface area contributed by atoms with Gasteiger partial charge < -0.3 is 10.6 Å². The van der Waals surface area contributed by atoms with Crippen molar-refractivity contribution < 1.29 is 14.4 Å². The van der Waals surface area contributed by atoms with Crippen molar-refractivity contribution in [2.24, 2.45) is 5.16 Å².